The molecule has 35 heavy (non-hydrogen) atoms. The summed E-state index contributed by atoms with van der Waals surface area (Å²) in [4.78, 5) is 29.7. The van der Waals surface area contributed by atoms with Crippen LogP contribution in [0.3, 0.4) is 0 Å². The average Bonchev–Trinajstić information content (AvgIpc) is 3.51. The smallest absolute Gasteiger partial charge is 0.322 e. The van der Waals surface area contributed by atoms with Gasteiger partial charge in [-0.2, -0.15) is 0 Å². The number of amides is 3. The van der Waals surface area contributed by atoms with E-state index >= 15 is 0 Å². The second-order valence-corrected chi connectivity index (χ2v) is 9.16. The molecule has 0 radical (unpaired) electrons. The highest BCUT2D eigenvalue weighted by Crippen LogP contribution is 2.33. The van der Waals surface area contributed by atoms with Gasteiger partial charge in [0, 0.05) is 23.8 Å². The molecule has 184 valence electrons. The summed E-state index contributed by atoms with van der Waals surface area (Å²) in [5.41, 5.74) is 1.49. The Kier molecular flexibility index (Phi) is 7.82. The minimum Gasteiger partial charge on any atom is -0.467 e. The third kappa shape index (κ3) is 6.70. The zero-order valence-electron chi connectivity index (χ0n) is 19.7. The summed E-state index contributed by atoms with van der Waals surface area (Å²) in [6.45, 7) is 5.12. The highest BCUT2D eigenvalue weighted by atomic mass is 35.5. The highest BCUT2D eigenvalue weighted by Gasteiger charge is 2.24. The van der Waals surface area contributed by atoms with Crippen LogP contribution in [0.25, 0.3) is 0 Å². The first kappa shape index (κ1) is 24.5. The van der Waals surface area contributed by atoms with Crippen molar-refractivity contribution in [2.24, 2.45) is 5.92 Å². The van der Waals surface area contributed by atoms with Gasteiger partial charge < -0.3 is 29.0 Å². The van der Waals surface area contributed by atoms with Crippen LogP contribution in [0.1, 0.15) is 25.2 Å². The summed E-state index contributed by atoms with van der Waals surface area (Å²) >= 11 is 5.94. The number of hydrogen-bond donors (Lipinski definition) is 1. The molecule has 0 saturated heterocycles. The molecule has 8 nitrogen and oxygen atoms in total. The lowest BCUT2D eigenvalue weighted by atomic mass is 10.1. The molecular weight excluding hydrogens is 470 g/mol. The number of benzene rings is 2. The summed E-state index contributed by atoms with van der Waals surface area (Å²) in [7, 11) is 0. The van der Waals surface area contributed by atoms with Gasteiger partial charge in [-0.1, -0.05) is 31.5 Å². The van der Waals surface area contributed by atoms with E-state index in [0.29, 0.717) is 41.1 Å². The van der Waals surface area contributed by atoms with Crippen LogP contribution in [-0.4, -0.2) is 41.6 Å². The van der Waals surface area contributed by atoms with Crippen molar-refractivity contribution in [2.75, 3.05) is 25.2 Å². The number of anilines is 1. The van der Waals surface area contributed by atoms with E-state index in [4.69, 9.17) is 25.5 Å². The first-order valence-electron chi connectivity index (χ1n) is 11.4. The molecule has 1 N–H and O–H groups in total. The fourth-order valence-electron chi connectivity index (χ4n) is 3.74. The Balaban J connectivity index is 1.50. The number of ether oxygens (including phenoxy) is 2. The summed E-state index contributed by atoms with van der Waals surface area (Å²) in [5, 5.41) is 3.43. The third-order valence-corrected chi connectivity index (χ3v) is 5.64. The van der Waals surface area contributed by atoms with Crippen LogP contribution in [0.5, 0.6) is 11.5 Å². The predicted octanol–water partition coefficient (Wildman–Crippen LogP) is 5.38. The van der Waals surface area contributed by atoms with E-state index in [9.17, 15) is 9.59 Å². The number of nitrogens with one attached hydrogen (secondary N) is 1. The number of hydrogen-bond acceptors (Lipinski definition) is 5. The van der Waals surface area contributed by atoms with Crippen molar-refractivity contribution in [3.05, 3.63) is 77.2 Å². The van der Waals surface area contributed by atoms with Crippen LogP contribution in [0.2, 0.25) is 5.02 Å². The number of furan rings is 1. The maximum Gasteiger partial charge on any atom is 0.322 e. The first-order chi connectivity index (χ1) is 16.9. The maximum atomic E-state index is 13.5. The molecule has 2 aromatic carbocycles. The lowest BCUT2D eigenvalue weighted by Gasteiger charge is -2.28. The van der Waals surface area contributed by atoms with Crippen LogP contribution in [-0.2, 0) is 17.9 Å². The van der Waals surface area contributed by atoms with Crippen LogP contribution in [0.15, 0.2) is 65.3 Å². The Bertz CT molecular complexity index is 1150. The average molecular weight is 498 g/mol. The van der Waals surface area contributed by atoms with Crippen molar-refractivity contribution in [2.45, 2.75) is 26.9 Å². The van der Waals surface area contributed by atoms with Gasteiger partial charge in [-0.3, -0.25) is 4.79 Å². The van der Waals surface area contributed by atoms with Crippen LogP contribution in [0, 0.1) is 5.92 Å². The maximum absolute atomic E-state index is 13.5. The Hall–Kier alpha value is -3.65. The molecule has 0 saturated carbocycles. The quantitative estimate of drug-likeness (QED) is 0.429. The molecule has 0 aliphatic carbocycles. The number of fused-ring (bicyclic) bond motifs is 1. The Morgan fingerprint density at radius 2 is 1.77 bits per heavy atom. The summed E-state index contributed by atoms with van der Waals surface area (Å²) in [6.07, 6.45) is 1.57. The second-order valence-electron chi connectivity index (χ2n) is 8.73. The summed E-state index contributed by atoms with van der Waals surface area (Å²) < 4.78 is 16.4. The largest absolute Gasteiger partial charge is 0.467 e. The van der Waals surface area contributed by atoms with E-state index in [1.54, 1.807) is 41.5 Å². The Morgan fingerprint density at radius 3 is 2.49 bits per heavy atom. The van der Waals surface area contributed by atoms with Gasteiger partial charge in [0.25, 0.3) is 0 Å². The molecular formula is C26H28ClN3O5. The second kappa shape index (κ2) is 11.2. The van der Waals surface area contributed by atoms with E-state index in [1.165, 1.54) is 4.90 Å². The van der Waals surface area contributed by atoms with E-state index < -0.39 is 0 Å². The minimum absolute atomic E-state index is 0.0805. The van der Waals surface area contributed by atoms with Crippen molar-refractivity contribution in [3.63, 3.8) is 0 Å². The van der Waals surface area contributed by atoms with Gasteiger partial charge in [0.2, 0.25) is 12.7 Å². The van der Waals surface area contributed by atoms with Gasteiger partial charge >= 0.3 is 6.03 Å². The van der Waals surface area contributed by atoms with Crippen molar-refractivity contribution in [1.29, 1.82) is 0 Å². The molecule has 1 aliphatic rings. The van der Waals surface area contributed by atoms with Crippen LogP contribution >= 0.6 is 11.6 Å². The van der Waals surface area contributed by atoms with Crippen molar-refractivity contribution in [1.82, 2.24) is 9.80 Å². The molecule has 9 heteroatoms. The topological polar surface area (TPSA) is 84.2 Å². The molecule has 1 aliphatic heterocycles. The van der Waals surface area contributed by atoms with Crippen molar-refractivity contribution >= 4 is 29.2 Å². The minimum atomic E-state index is -0.351. The lowest BCUT2D eigenvalue weighted by molar-refractivity contribution is -0.133. The highest BCUT2D eigenvalue weighted by molar-refractivity contribution is 6.30. The number of halogens is 1. The lowest BCUT2D eigenvalue weighted by Crippen LogP contribution is -2.45. The number of nitrogens with zero attached hydrogens (tertiary/aromatic N) is 2. The molecule has 4 rings (SSSR count). The van der Waals surface area contributed by atoms with Crippen molar-refractivity contribution < 1.29 is 23.5 Å². The molecule has 0 spiro atoms. The number of carbonyl (C=O) groups excluding carboxylic acids is 2. The Labute approximate surface area is 209 Å². The van der Waals surface area contributed by atoms with Gasteiger partial charge in [0.05, 0.1) is 12.8 Å². The molecule has 0 atom stereocenters. The zero-order valence-corrected chi connectivity index (χ0v) is 20.5. The molecule has 3 aromatic rings. The fraction of sp³-hybridized carbons (Fsp3) is 0.308. The van der Waals surface area contributed by atoms with Gasteiger partial charge in [-0.15, -0.1) is 0 Å². The van der Waals surface area contributed by atoms with Gasteiger partial charge in [0.15, 0.2) is 11.5 Å². The fourth-order valence-corrected chi connectivity index (χ4v) is 3.87. The monoisotopic (exact) mass is 497 g/mol. The third-order valence-electron chi connectivity index (χ3n) is 5.38. The van der Waals surface area contributed by atoms with Crippen LogP contribution in [0.4, 0.5) is 10.5 Å². The number of urea groups is 1. The SMILES string of the molecule is CC(C)CN(CC(=O)N(Cc1ccc2c(c1)OCO2)Cc1ccco1)C(=O)Nc1ccc(Cl)cc1. The molecule has 0 bridgehead atoms. The van der Waals surface area contributed by atoms with Crippen molar-refractivity contribution in [3.8, 4) is 11.5 Å². The molecule has 0 fully saturated rings. The summed E-state index contributed by atoms with van der Waals surface area (Å²) in [5.74, 6) is 1.95. The van der Waals surface area contributed by atoms with Gasteiger partial charge in [-0.25, -0.2) is 4.79 Å². The summed E-state index contributed by atoms with van der Waals surface area (Å²) in [6, 6.07) is 15.7. The predicted molar refractivity (Wildman–Crippen MR) is 132 cm³/mol. The van der Waals surface area contributed by atoms with E-state index in [-0.39, 0.29) is 37.7 Å². The Morgan fingerprint density at radius 1 is 1.00 bits per heavy atom. The van der Waals surface area contributed by atoms with E-state index in [0.717, 1.165) is 5.56 Å². The van der Waals surface area contributed by atoms with Gasteiger partial charge in [0.1, 0.15) is 12.3 Å². The molecule has 3 amide bonds. The van der Waals surface area contributed by atoms with E-state index in [1.807, 2.05) is 38.1 Å². The molecule has 0 unspecified atom stereocenters. The van der Waals surface area contributed by atoms with Crippen LogP contribution < -0.4 is 14.8 Å². The zero-order chi connectivity index (χ0) is 24.8. The van der Waals surface area contributed by atoms with E-state index in [2.05, 4.69) is 5.32 Å². The number of rotatable bonds is 9. The first-order valence-corrected chi connectivity index (χ1v) is 11.8. The standard InChI is InChI=1S/C26H28ClN3O5/c1-18(2)13-30(26(32)28-21-8-6-20(27)7-9-21)16-25(31)29(15-22-4-3-11-33-22)14-19-5-10-23-24(12-19)35-17-34-23/h3-12,18H,13-17H2,1-2H3,(H,28,32). The molecule has 2 heterocycles. The normalized spacial score (nSPS) is 12.0. The van der Waals surface area contributed by atoms with Gasteiger partial charge in [-0.05, 0) is 60.0 Å². The number of carbonyl (C=O) groups is 2. The molecule has 1 aromatic heterocycles.